The molecule has 0 aliphatic carbocycles. The number of para-hydroxylation sites is 1. The summed E-state index contributed by atoms with van der Waals surface area (Å²) in [4.78, 5) is 44.4. The van der Waals surface area contributed by atoms with E-state index in [1.807, 2.05) is 58.3 Å². The molecule has 5 rings (SSSR count). The van der Waals surface area contributed by atoms with Crippen LogP contribution < -0.4 is 15.5 Å². The van der Waals surface area contributed by atoms with Gasteiger partial charge in [-0.15, -0.1) is 0 Å². The number of hydrogen-bond donors (Lipinski definition) is 2. The molecule has 2 heterocycles. The monoisotopic (exact) mass is 503 g/mol. The second kappa shape index (κ2) is 11.0. The summed E-state index contributed by atoms with van der Waals surface area (Å²) in [5.74, 6) is -1.08. The SMILES string of the molecule is O=C(C[C@H]1C(=O)NCCN1C(=O)CN1CCN(c2ccccc2F)CC1)Nc1cccc2ccccc12. The normalized spacial score (nSPS) is 18.5. The van der Waals surface area contributed by atoms with E-state index in [0.29, 0.717) is 50.6 Å². The highest BCUT2D eigenvalue weighted by Gasteiger charge is 2.35. The number of anilines is 2. The maximum atomic E-state index is 14.1. The summed E-state index contributed by atoms with van der Waals surface area (Å²) >= 11 is 0. The molecule has 2 aliphatic heterocycles. The van der Waals surface area contributed by atoms with Crippen LogP contribution >= 0.6 is 0 Å². The van der Waals surface area contributed by atoms with Crippen molar-refractivity contribution in [2.24, 2.45) is 0 Å². The molecule has 3 aromatic carbocycles. The Hall–Kier alpha value is -3.98. The maximum absolute atomic E-state index is 14.1. The number of nitrogens with zero attached hydrogens (tertiary/aromatic N) is 3. The van der Waals surface area contributed by atoms with Crippen molar-refractivity contribution in [1.29, 1.82) is 0 Å². The topological polar surface area (TPSA) is 85.0 Å². The van der Waals surface area contributed by atoms with Crippen LogP contribution in [0.15, 0.2) is 66.7 Å². The fourth-order valence-corrected chi connectivity index (χ4v) is 5.06. The van der Waals surface area contributed by atoms with Gasteiger partial charge >= 0.3 is 0 Å². The number of carbonyl (C=O) groups excluding carboxylic acids is 3. The maximum Gasteiger partial charge on any atom is 0.243 e. The zero-order valence-corrected chi connectivity index (χ0v) is 20.5. The molecule has 192 valence electrons. The highest BCUT2D eigenvalue weighted by atomic mass is 19.1. The fourth-order valence-electron chi connectivity index (χ4n) is 5.06. The van der Waals surface area contributed by atoms with Gasteiger partial charge in [0, 0.05) is 50.3 Å². The molecule has 9 heteroatoms. The van der Waals surface area contributed by atoms with E-state index in [1.54, 1.807) is 12.1 Å². The van der Waals surface area contributed by atoms with Gasteiger partial charge in [0.2, 0.25) is 17.7 Å². The van der Waals surface area contributed by atoms with Gasteiger partial charge in [0.05, 0.1) is 18.7 Å². The number of amides is 3. The Labute approximate surface area is 215 Å². The molecule has 2 aliphatic rings. The van der Waals surface area contributed by atoms with Gasteiger partial charge in [-0.3, -0.25) is 19.3 Å². The van der Waals surface area contributed by atoms with Gasteiger partial charge in [-0.2, -0.15) is 0 Å². The first-order valence-corrected chi connectivity index (χ1v) is 12.6. The van der Waals surface area contributed by atoms with Crippen molar-refractivity contribution in [3.05, 3.63) is 72.5 Å². The highest BCUT2D eigenvalue weighted by molar-refractivity contribution is 6.04. The van der Waals surface area contributed by atoms with E-state index in [2.05, 4.69) is 10.6 Å². The molecule has 37 heavy (non-hydrogen) atoms. The molecule has 2 fully saturated rings. The Morgan fingerprint density at radius 2 is 1.65 bits per heavy atom. The van der Waals surface area contributed by atoms with Crippen molar-refractivity contribution in [2.75, 3.05) is 56.0 Å². The molecule has 3 aromatic rings. The lowest BCUT2D eigenvalue weighted by molar-refractivity contribution is -0.145. The smallest absolute Gasteiger partial charge is 0.243 e. The van der Waals surface area contributed by atoms with Gasteiger partial charge < -0.3 is 20.4 Å². The predicted octanol–water partition coefficient (Wildman–Crippen LogP) is 2.46. The van der Waals surface area contributed by atoms with Gasteiger partial charge in [0.25, 0.3) is 0 Å². The lowest BCUT2D eigenvalue weighted by atomic mass is 10.1. The molecule has 0 spiro atoms. The number of carbonyl (C=O) groups is 3. The molecule has 2 N–H and O–H groups in total. The third-order valence-corrected chi connectivity index (χ3v) is 7.02. The second-order valence-electron chi connectivity index (χ2n) is 9.39. The van der Waals surface area contributed by atoms with Crippen LogP contribution in [0.5, 0.6) is 0 Å². The minimum absolute atomic E-state index is 0.123. The summed E-state index contributed by atoms with van der Waals surface area (Å²) in [6.45, 7) is 3.27. The standard InChI is InChI=1S/C28H30FN5O3/c29-22-9-3-4-11-24(22)33-16-14-32(15-17-33)19-27(36)34-13-12-30-28(37)25(34)18-26(35)31-23-10-5-7-20-6-1-2-8-21(20)23/h1-11,25H,12-19H2,(H,30,37)(H,31,35)/t25-/m0/s1. The first-order chi connectivity index (χ1) is 18.0. The van der Waals surface area contributed by atoms with Crippen molar-refractivity contribution in [3.8, 4) is 0 Å². The van der Waals surface area contributed by atoms with Crippen molar-refractivity contribution >= 4 is 39.9 Å². The van der Waals surface area contributed by atoms with Crippen molar-refractivity contribution < 1.29 is 18.8 Å². The Bertz CT molecular complexity index is 1300. The van der Waals surface area contributed by atoms with E-state index in [4.69, 9.17) is 0 Å². The molecule has 0 unspecified atom stereocenters. The van der Waals surface area contributed by atoms with Crippen LogP contribution in [0, 0.1) is 5.82 Å². The molecule has 0 saturated carbocycles. The Balaban J connectivity index is 1.20. The zero-order valence-electron chi connectivity index (χ0n) is 20.5. The van der Waals surface area contributed by atoms with E-state index in [-0.39, 0.29) is 36.5 Å². The van der Waals surface area contributed by atoms with Gasteiger partial charge in [0.15, 0.2) is 0 Å². The van der Waals surface area contributed by atoms with E-state index in [1.165, 1.54) is 11.0 Å². The summed E-state index contributed by atoms with van der Waals surface area (Å²) in [6.07, 6.45) is -0.123. The number of benzene rings is 3. The molecule has 0 aromatic heterocycles. The predicted molar refractivity (Wildman–Crippen MR) is 141 cm³/mol. The van der Waals surface area contributed by atoms with Crippen LogP contribution in [0.4, 0.5) is 15.8 Å². The number of halogens is 1. The molecule has 2 saturated heterocycles. The van der Waals surface area contributed by atoms with E-state index < -0.39 is 6.04 Å². The molecule has 0 radical (unpaired) electrons. The summed E-state index contributed by atoms with van der Waals surface area (Å²) in [5.41, 5.74) is 1.24. The molecule has 3 amide bonds. The Morgan fingerprint density at radius 1 is 0.919 bits per heavy atom. The largest absolute Gasteiger partial charge is 0.367 e. The van der Waals surface area contributed by atoms with E-state index >= 15 is 0 Å². The zero-order chi connectivity index (χ0) is 25.8. The van der Waals surface area contributed by atoms with Gasteiger partial charge in [-0.05, 0) is 23.6 Å². The van der Waals surface area contributed by atoms with Crippen LogP contribution in [-0.4, -0.2) is 79.4 Å². The highest BCUT2D eigenvalue weighted by Crippen LogP contribution is 2.24. The van der Waals surface area contributed by atoms with Crippen LogP contribution in [0.2, 0.25) is 0 Å². The first-order valence-electron chi connectivity index (χ1n) is 12.6. The summed E-state index contributed by atoms with van der Waals surface area (Å²) in [7, 11) is 0. The summed E-state index contributed by atoms with van der Waals surface area (Å²) in [6, 6.07) is 19.2. The Morgan fingerprint density at radius 3 is 2.46 bits per heavy atom. The molecule has 8 nitrogen and oxygen atoms in total. The van der Waals surface area contributed by atoms with Crippen LogP contribution in [-0.2, 0) is 14.4 Å². The fraction of sp³-hybridized carbons (Fsp3) is 0.321. The number of fused-ring (bicyclic) bond motifs is 1. The third kappa shape index (κ3) is 5.56. The second-order valence-corrected chi connectivity index (χ2v) is 9.39. The average Bonchev–Trinajstić information content (AvgIpc) is 2.91. The molecule has 1 atom stereocenters. The van der Waals surface area contributed by atoms with E-state index in [0.717, 1.165) is 10.8 Å². The van der Waals surface area contributed by atoms with Crippen molar-refractivity contribution in [3.63, 3.8) is 0 Å². The molecule has 0 bridgehead atoms. The third-order valence-electron chi connectivity index (χ3n) is 7.02. The molecular weight excluding hydrogens is 473 g/mol. The summed E-state index contributed by atoms with van der Waals surface area (Å²) < 4.78 is 14.1. The van der Waals surface area contributed by atoms with Crippen LogP contribution in [0.25, 0.3) is 10.8 Å². The van der Waals surface area contributed by atoms with Crippen molar-refractivity contribution in [1.82, 2.24) is 15.1 Å². The molecular formula is C28H30FN5O3. The first kappa shape index (κ1) is 24.7. The summed E-state index contributed by atoms with van der Waals surface area (Å²) in [5, 5.41) is 7.61. The number of nitrogens with one attached hydrogen (secondary N) is 2. The minimum Gasteiger partial charge on any atom is -0.367 e. The van der Waals surface area contributed by atoms with Gasteiger partial charge in [-0.25, -0.2) is 4.39 Å². The van der Waals surface area contributed by atoms with Gasteiger partial charge in [0.1, 0.15) is 11.9 Å². The lowest BCUT2D eigenvalue weighted by Gasteiger charge is -2.39. The van der Waals surface area contributed by atoms with Crippen LogP contribution in [0.1, 0.15) is 6.42 Å². The number of hydrogen-bond acceptors (Lipinski definition) is 5. The Kier molecular flexibility index (Phi) is 7.32. The minimum atomic E-state index is -0.865. The van der Waals surface area contributed by atoms with Crippen molar-refractivity contribution in [2.45, 2.75) is 12.5 Å². The van der Waals surface area contributed by atoms with Gasteiger partial charge in [-0.1, -0.05) is 48.5 Å². The number of rotatable bonds is 6. The lowest BCUT2D eigenvalue weighted by Crippen LogP contribution is -2.60. The van der Waals surface area contributed by atoms with Crippen LogP contribution in [0.3, 0.4) is 0 Å². The quantitative estimate of drug-likeness (QED) is 0.540. The van der Waals surface area contributed by atoms with E-state index in [9.17, 15) is 18.8 Å². The average molecular weight is 504 g/mol. The number of piperazine rings is 2.